The highest BCUT2D eigenvalue weighted by molar-refractivity contribution is 8.13. The zero-order valence-electron chi connectivity index (χ0n) is 10.6. The van der Waals surface area contributed by atoms with Crippen molar-refractivity contribution in [3.8, 4) is 5.75 Å². The highest BCUT2D eigenvalue weighted by Gasteiger charge is 2.10. The minimum Gasteiger partial charge on any atom is -0.487 e. The van der Waals surface area contributed by atoms with Gasteiger partial charge in [-0.15, -0.1) is 0 Å². The largest absolute Gasteiger partial charge is 0.487 e. The van der Waals surface area contributed by atoms with E-state index in [4.69, 9.17) is 20.2 Å². The first kappa shape index (κ1) is 15.3. The highest BCUT2D eigenvalue weighted by atomic mass is 35.7. The van der Waals surface area contributed by atoms with E-state index in [-0.39, 0.29) is 12.4 Å². The van der Waals surface area contributed by atoms with Crippen LogP contribution in [0, 0.1) is 13.8 Å². The van der Waals surface area contributed by atoms with Gasteiger partial charge in [-0.1, -0.05) is 0 Å². The molecule has 0 amide bonds. The standard InChI is InChI=1S/C10H17ClN2O4S/c1-8-10(9(2)13(3)12-8)17-5-4-16-6-7-18(11,14)15/h4-7H2,1-3H3. The molecule has 8 heteroatoms. The third kappa shape index (κ3) is 4.83. The summed E-state index contributed by atoms with van der Waals surface area (Å²) in [7, 11) is 3.40. The third-order valence-electron chi connectivity index (χ3n) is 2.39. The van der Waals surface area contributed by atoms with Crippen LogP contribution in [0.5, 0.6) is 5.75 Å². The summed E-state index contributed by atoms with van der Waals surface area (Å²) in [4.78, 5) is 0. The summed E-state index contributed by atoms with van der Waals surface area (Å²) in [5, 5.41) is 4.21. The Kier molecular flexibility index (Phi) is 5.43. The van der Waals surface area contributed by atoms with Gasteiger partial charge in [-0.05, 0) is 13.8 Å². The van der Waals surface area contributed by atoms with E-state index in [0.29, 0.717) is 13.2 Å². The Labute approximate surface area is 111 Å². The van der Waals surface area contributed by atoms with Gasteiger partial charge in [-0.2, -0.15) is 5.10 Å². The summed E-state index contributed by atoms with van der Waals surface area (Å²) in [5.74, 6) is 0.547. The fourth-order valence-electron chi connectivity index (χ4n) is 1.43. The van der Waals surface area contributed by atoms with Gasteiger partial charge in [-0.25, -0.2) is 8.42 Å². The lowest BCUT2D eigenvalue weighted by atomic mass is 10.3. The predicted molar refractivity (Wildman–Crippen MR) is 68.6 cm³/mol. The summed E-state index contributed by atoms with van der Waals surface area (Å²) < 4.78 is 33.6. The van der Waals surface area contributed by atoms with Crippen LogP contribution >= 0.6 is 10.7 Å². The Morgan fingerprint density at radius 1 is 1.28 bits per heavy atom. The van der Waals surface area contributed by atoms with Gasteiger partial charge in [0.25, 0.3) is 0 Å². The van der Waals surface area contributed by atoms with Crippen molar-refractivity contribution in [1.82, 2.24) is 9.78 Å². The van der Waals surface area contributed by atoms with Gasteiger partial charge in [0.05, 0.1) is 24.7 Å². The highest BCUT2D eigenvalue weighted by Crippen LogP contribution is 2.20. The van der Waals surface area contributed by atoms with Crippen molar-refractivity contribution >= 4 is 19.7 Å². The zero-order chi connectivity index (χ0) is 13.8. The number of rotatable bonds is 7. The molecule has 0 fully saturated rings. The van der Waals surface area contributed by atoms with Gasteiger partial charge in [0.2, 0.25) is 9.05 Å². The Hall–Kier alpha value is -0.790. The Morgan fingerprint density at radius 2 is 1.94 bits per heavy atom. The monoisotopic (exact) mass is 296 g/mol. The Bertz CT molecular complexity index is 498. The van der Waals surface area contributed by atoms with Crippen LogP contribution in [0.25, 0.3) is 0 Å². The topological polar surface area (TPSA) is 70.4 Å². The minimum absolute atomic E-state index is 0.0696. The van der Waals surface area contributed by atoms with Gasteiger partial charge < -0.3 is 9.47 Å². The molecule has 0 aliphatic heterocycles. The molecule has 1 aromatic heterocycles. The number of ether oxygens (including phenoxy) is 2. The second-order valence-corrected chi connectivity index (χ2v) is 6.72. The van der Waals surface area contributed by atoms with Gasteiger partial charge >= 0.3 is 0 Å². The van der Waals surface area contributed by atoms with Gasteiger partial charge in [0.15, 0.2) is 5.75 Å². The molecular formula is C10H17ClN2O4S. The molecule has 0 atom stereocenters. The maximum atomic E-state index is 10.6. The summed E-state index contributed by atoms with van der Waals surface area (Å²) >= 11 is 0. The van der Waals surface area contributed by atoms with Crippen molar-refractivity contribution < 1.29 is 17.9 Å². The molecule has 0 spiro atoms. The molecule has 0 aliphatic rings. The second-order valence-electron chi connectivity index (χ2n) is 3.83. The molecule has 0 saturated carbocycles. The van der Waals surface area contributed by atoms with Crippen molar-refractivity contribution in [2.45, 2.75) is 13.8 Å². The summed E-state index contributed by atoms with van der Waals surface area (Å²) in [6, 6.07) is 0. The van der Waals surface area contributed by atoms with Crippen LogP contribution in [0.4, 0.5) is 0 Å². The molecule has 1 heterocycles. The van der Waals surface area contributed by atoms with Gasteiger partial charge in [0, 0.05) is 17.7 Å². The fraction of sp³-hybridized carbons (Fsp3) is 0.700. The lowest BCUT2D eigenvalue weighted by molar-refractivity contribution is 0.111. The molecule has 0 aromatic carbocycles. The molecule has 18 heavy (non-hydrogen) atoms. The van der Waals surface area contributed by atoms with E-state index in [1.54, 1.807) is 4.68 Å². The number of aryl methyl sites for hydroxylation is 2. The van der Waals surface area contributed by atoms with Crippen LogP contribution in [0.15, 0.2) is 0 Å². The fourth-order valence-corrected chi connectivity index (χ4v) is 1.93. The second kappa shape index (κ2) is 6.40. The molecule has 0 bridgehead atoms. The summed E-state index contributed by atoms with van der Waals surface area (Å²) in [6.45, 7) is 4.50. The predicted octanol–water partition coefficient (Wildman–Crippen LogP) is 1.00. The van der Waals surface area contributed by atoms with Crippen molar-refractivity contribution in [1.29, 1.82) is 0 Å². The molecule has 0 N–H and O–H groups in total. The summed E-state index contributed by atoms with van der Waals surface area (Å²) in [6.07, 6.45) is 0. The van der Waals surface area contributed by atoms with Crippen LogP contribution < -0.4 is 4.74 Å². The zero-order valence-corrected chi connectivity index (χ0v) is 12.2. The molecule has 0 radical (unpaired) electrons. The number of hydrogen-bond acceptors (Lipinski definition) is 5. The number of halogens is 1. The molecule has 0 aliphatic carbocycles. The molecular weight excluding hydrogens is 280 g/mol. The SMILES string of the molecule is Cc1nn(C)c(C)c1OCCOCCS(=O)(=O)Cl. The van der Waals surface area contributed by atoms with E-state index in [9.17, 15) is 8.42 Å². The normalized spacial score (nSPS) is 11.8. The van der Waals surface area contributed by atoms with Crippen LogP contribution in [0.3, 0.4) is 0 Å². The van der Waals surface area contributed by atoms with E-state index in [1.165, 1.54) is 0 Å². The first-order chi connectivity index (χ1) is 8.31. The van der Waals surface area contributed by atoms with Crippen LogP contribution in [-0.2, 0) is 20.8 Å². The molecule has 1 rings (SSSR count). The maximum absolute atomic E-state index is 10.6. The first-order valence-corrected chi connectivity index (χ1v) is 7.92. The third-order valence-corrected chi connectivity index (χ3v) is 3.51. The number of aromatic nitrogens is 2. The van der Waals surface area contributed by atoms with Gasteiger partial charge in [0.1, 0.15) is 12.3 Å². The lowest BCUT2D eigenvalue weighted by Crippen LogP contribution is -2.12. The number of hydrogen-bond donors (Lipinski definition) is 0. The van der Waals surface area contributed by atoms with Crippen LogP contribution in [-0.4, -0.2) is 43.8 Å². The van der Waals surface area contributed by atoms with E-state index in [2.05, 4.69) is 5.10 Å². The quantitative estimate of drug-likeness (QED) is 0.554. The minimum atomic E-state index is -3.48. The van der Waals surface area contributed by atoms with Crippen molar-refractivity contribution in [3.05, 3.63) is 11.4 Å². The molecule has 104 valence electrons. The number of nitrogens with zero attached hydrogens (tertiary/aromatic N) is 2. The summed E-state index contributed by atoms with van der Waals surface area (Å²) in [5.41, 5.74) is 1.76. The van der Waals surface area contributed by atoms with E-state index in [0.717, 1.165) is 17.1 Å². The van der Waals surface area contributed by atoms with E-state index in [1.807, 2.05) is 20.9 Å². The van der Waals surface area contributed by atoms with Crippen molar-refractivity contribution in [2.24, 2.45) is 7.05 Å². The Balaban J connectivity index is 2.26. The van der Waals surface area contributed by atoms with E-state index >= 15 is 0 Å². The van der Waals surface area contributed by atoms with E-state index < -0.39 is 9.05 Å². The molecule has 1 aromatic rings. The van der Waals surface area contributed by atoms with Gasteiger partial charge in [-0.3, -0.25) is 4.68 Å². The smallest absolute Gasteiger partial charge is 0.234 e. The first-order valence-electron chi connectivity index (χ1n) is 5.44. The molecule has 0 unspecified atom stereocenters. The maximum Gasteiger partial charge on any atom is 0.234 e. The average Bonchev–Trinajstić information content (AvgIpc) is 2.47. The van der Waals surface area contributed by atoms with Crippen molar-refractivity contribution in [2.75, 3.05) is 25.6 Å². The van der Waals surface area contributed by atoms with Crippen LogP contribution in [0.2, 0.25) is 0 Å². The average molecular weight is 297 g/mol. The Morgan fingerprint density at radius 3 is 2.44 bits per heavy atom. The molecule has 6 nitrogen and oxygen atoms in total. The lowest BCUT2D eigenvalue weighted by Gasteiger charge is -2.06. The van der Waals surface area contributed by atoms with Crippen LogP contribution in [0.1, 0.15) is 11.4 Å². The van der Waals surface area contributed by atoms with Crippen molar-refractivity contribution in [3.63, 3.8) is 0 Å². The molecule has 0 saturated heterocycles.